The topological polar surface area (TPSA) is 80.5 Å². The number of nitrogens with zero attached hydrogens (tertiary/aromatic N) is 3. The number of carbonyl (C=O) groups excluding carboxylic acids is 1. The number of amides is 1. The van der Waals surface area contributed by atoms with Crippen molar-refractivity contribution in [1.82, 2.24) is 15.3 Å². The van der Waals surface area contributed by atoms with Crippen LogP contribution in [0.5, 0.6) is 0 Å². The van der Waals surface area contributed by atoms with Gasteiger partial charge in [0.25, 0.3) is 5.91 Å². The molecule has 7 nitrogen and oxygen atoms in total. The summed E-state index contributed by atoms with van der Waals surface area (Å²) in [7, 11) is 1.71. The standard InChI is InChI=1S/C18H24N4O3/c1-4-15-12(2)7-16(25-15)18(23)20-9-13-8-14(24-3)10-22(13)17-5-6-19-11-21-17/h5-7,11,13-14H,4,8-10H2,1-3H3,(H,20,23)/t13-,14-/m1/s1. The number of hydrogen-bond acceptors (Lipinski definition) is 6. The Morgan fingerprint density at radius 2 is 2.36 bits per heavy atom. The van der Waals surface area contributed by atoms with Gasteiger partial charge in [-0.25, -0.2) is 9.97 Å². The highest BCUT2D eigenvalue weighted by Crippen LogP contribution is 2.25. The van der Waals surface area contributed by atoms with Crippen molar-refractivity contribution >= 4 is 11.7 Å². The van der Waals surface area contributed by atoms with Crippen LogP contribution in [0.15, 0.2) is 29.1 Å². The first-order valence-electron chi connectivity index (χ1n) is 8.55. The van der Waals surface area contributed by atoms with Crippen molar-refractivity contribution in [1.29, 1.82) is 0 Å². The second kappa shape index (κ2) is 7.65. The molecule has 3 rings (SSSR count). The molecule has 0 spiro atoms. The number of furan rings is 1. The fraction of sp³-hybridized carbons (Fsp3) is 0.500. The van der Waals surface area contributed by atoms with Crippen LogP contribution in [0.4, 0.5) is 5.82 Å². The highest BCUT2D eigenvalue weighted by molar-refractivity contribution is 5.91. The van der Waals surface area contributed by atoms with Crippen molar-refractivity contribution in [2.24, 2.45) is 0 Å². The molecule has 0 bridgehead atoms. The molecule has 3 heterocycles. The van der Waals surface area contributed by atoms with Gasteiger partial charge in [-0.2, -0.15) is 0 Å². The summed E-state index contributed by atoms with van der Waals surface area (Å²) in [5.74, 6) is 1.87. The number of rotatable bonds is 6. The summed E-state index contributed by atoms with van der Waals surface area (Å²) >= 11 is 0. The van der Waals surface area contributed by atoms with E-state index in [-0.39, 0.29) is 18.1 Å². The smallest absolute Gasteiger partial charge is 0.287 e. The molecule has 2 atom stereocenters. The van der Waals surface area contributed by atoms with Gasteiger partial charge in [-0.3, -0.25) is 4.79 Å². The molecular formula is C18H24N4O3. The van der Waals surface area contributed by atoms with E-state index >= 15 is 0 Å². The van der Waals surface area contributed by atoms with Gasteiger partial charge in [0, 0.05) is 32.8 Å². The first-order valence-corrected chi connectivity index (χ1v) is 8.55. The fourth-order valence-electron chi connectivity index (χ4n) is 3.25. The quantitative estimate of drug-likeness (QED) is 0.863. The van der Waals surface area contributed by atoms with Crippen molar-refractivity contribution in [3.05, 3.63) is 41.7 Å². The maximum Gasteiger partial charge on any atom is 0.287 e. The van der Waals surface area contributed by atoms with E-state index < -0.39 is 0 Å². The third-order valence-corrected chi connectivity index (χ3v) is 4.63. The average Bonchev–Trinajstić information content (AvgIpc) is 3.23. The lowest BCUT2D eigenvalue weighted by Crippen LogP contribution is -2.40. The van der Waals surface area contributed by atoms with Crippen LogP contribution in [0.25, 0.3) is 0 Å². The van der Waals surface area contributed by atoms with Crippen molar-refractivity contribution in [2.45, 2.75) is 38.8 Å². The minimum Gasteiger partial charge on any atom is -0.456 e. The van der Waals surface area contributed by atoms with Crippen molar-refractivity contribution in [3.8, 4) is 0 Å². The van der Waals surface area contributed by atoms with Gasteiger partial charge in [-0.1, -0.05) is 6.92 Å². The van der Waals surface area contributed by atoms with Crippen molar-refractivity contribution in [3.63, 3.8) is 0 Å². The van der Waals surface area contributed by atoms with Crippen LogP contribution in [-0.4, -0.2) is 48.2 Å². The maximum absolute atomic E-state index is 12.4. The van der Waals surface area contributed by atoms with E-state index in [1.807, 2.05) is 19.9 Å². The Hall–Kier alpha value is -2.41. The summed E-state index contributed by atoms with van der Waals surface area (Å²) in [6, 6.07) is 3.78. The molecule has 0 aromatic carbocycles. The largest absolute Gasteiger partial charge is 0.456 e. The molecule has 1 amide bonds. The lowest BCUT2D eigenvalue weighted by atomic mass is 10.2. The summed E-state index contributed by atoms with van der Waals surface area (Å²) < 4.78 is 11.1. The van der Waals surface area contributed by atoms with E-state index in [0.29, 0.717) is 12.3 Å². The SMILES string of the molecule is CCc1oc(C(=O)NC[C@H]2C[C@@H](OC)CN2c2ccncn2)cc1C. The van der Waals surface area contributed by atoms with E-state index in [1.165, 1.54) is 6.33 Å². The number of hydrogen-bond donors (Lipinski definition) is 1. The van der Waals surface area contributed by atoms with Crippen LogP contribution >= 0.6 is 0 Å². The maximum atomic E-state index is 12.4. The van der Waals surface area contributed by atoms with Crippen molar-refractivity contribution < 1.29 is 13.9 Å². The highest BCUT2D eigenvalue weighted by Gasteiger charge is 2.33. The van der Waals surface area contributed by atoms with E-state index in [2.05, 4.69) is 20.2 Å². The molecule has 2 aromatic rings. The van der Waals surface area contributed by atoms with Gasteiger partial charge in [0.1, 0.15) is 17.9 Å². The van der Waals surface area contributed by atoms with E-state index in [1.54, 1.807) is 19.4 Å². The number of carbonyl (C=O) groups is 1. The normalized spacial score (nSPS) is 20.0. The molecule has 2 aromatic heterocycles. The molecule has 1 fully saturated rings. The van der Waals surface area contributed by atoms with Gasteiger partial charge < -0.3 is 19.4 Å². The molecule has 1 aliphatic rings. The predicted molar refractivity (Wildman–Crippen MR) is 93.7 cm³/mol. The van der Waals surface area contributed by atoms with Gasteiger partial charge in [-0.05, 0) is 31.0 Å². The third kappa shape index (κ3) is 3.82. The Kier molecular flexibility index (Phi) is 5.33. The Labute approximate surface area is 147 Å². The number of methoxy groups -OCH3 is 1. The Morgan fingerprint density at radius 3 is 3.00 bits per heavy atom. The van der Waals surface area contributed by atoms with Crippen LogP contribution in [0, 0.1) is 6.92 Å². The highest BCUT2D eigenvalue weighted by atomic mass is 16.5. The monoisotopic (exact) mass is 344 g/mol. The summed E-state index contributed by atoms with van der Waals surface area (Å²) in [4.78, 5) is 22.8. The second-order valence-corrected chi connectivity index (χ2v) is 6.25. The van der Waals surface area contributed by atoms with Crippen molar-refractivity contribution in [2.75, 3.05) is 25.1 Å². The van der Waals surface area contributed by atoms with E-state index in [0.717, 1.165) is 36.5 Å². The molecule has 0 saturated carbocycles. The lowest BCUT2D eigenvalue weighted by Gasteiger charge is -2.25. The molecule has 0 unspecified atom stereocenters. The Bertz CT molecular complexity index is 716. The minimum atomic E-state index is -0.189. The number of aromatic nitrogens is 2. The van der Waals surface area contributed by atoms with Gasteiger partial charge in [0.05, 0.1) is 12.1 Å². The summed E-state index contributed by atoms with van der Waals surface area (Å²) in [5.41, 5.74) is 1.01. The first-order chi connectivity index (χ1) is 12.1. The number of aryl methyl sites for hydroxylation is 2. The summed E-state index contributed by atoms with van der Waals surface area (Å²) in [6.45, 7) is 5.21. The lowest BCUT2D eigenvalue weighted by molar-refractivity contribution is 0.0917. The summed E-state index contributed by atoms with van der Waals surface area (Å²) in [6.07, 6.45) is 4.98. The van der Waals surface area contributed by atoms with Gasteiger partial charge in [-0.15, -0.1) is 0 Å². The predicted octanol–water partition coefficient (Wildman–Crippen LogP) is 1.96. The molecule has 1 aliphatic heterocycles. The molecule has 7 heteroatoms. The first kappa shape index (κ1) is 17.4. The van der Waals surface area contributed by atoms with Crippen LogP contribution in [-0.2, 0) is 11.2 Å². The Morgan fingerprint density at radius 1 is 1.52 bits per heavy atom. The molecule has 25 heavy (non-hydrogen) atoms. The summed E-state index contributed by atoms with van der Waals surface area (Å²) in [5, 5.41) is 2.98. The molecule has 1 saturated heterocycles. The molecular weight excluding hydrogens is 320 g/mol. The zero-order valence-corrected chi connectivity index (χ0v) is 14.9. The minimum absolute atomic E-state index is 0.116. The molecule has 0 aliphatic carbocycles. The van der Waals surface area contributed by atoms with Crippen LogP contribution in [0.2, 0.25) is 0 Å². The molecule has 134 valence electrons. The van der Waals surface area contributed by atoms with Gasteiger partial charge >= 0.3 is 0 Å². The number of ether oxygens (including phenoxy) is 1. The van der Waals surface area contributed by atoms with E-state index in [9.17, 15) is 4.79 Å². The third-order valence-electron chi connectivity index (χ3n) is 4.63. The zero-order chi connectivity index (χ0) is 17.8. The molecule has 1 N–H and O–H groups in total. The Balaban J connectivity index is 1.66. The number of anilines is 1. The fourth-order valence-corrected chi connectivity index (χ4v) is 3.25. The van der Waals surface area contributed by atoms with E-state index in [4.69, 9.17) is 9.15 Å². The van der Waals surface area contributed by atoms with Crippen LogP contribution in [0.3, 0.4) is 0 Å². The number of nitrogens with one attached hydrogen (secondary N) is 1. The average molecular weight is 344 g/mol. The van der Waals surface area contributed by atoms with Crippen LogP contribution < -0.4 is 10.2 Å². The van der Waals surface area contributed by atoms with Gasteiger partial charge in [0.2, 0.25) is 0 Å². The second-order valence-electron chi connectivity index (χ2n) is 6.25. The van der Waals surface area contributed by atoms with Gasteiger partial charge in [0.15, 0.2) is 5.76 Å². The zero-order valence-electron chi connectivity index (χ0n) is 14.9. The molecule has 0 radical (unpaired) electrons. The van der Waals surface area contributed by atoms with Crippen LogP contribution in [0.1, 0.15) is 35.2 Å².